The first-order valence-corrected chi connectivity index (χ1v) is 3.36. The lowest BCUT2D eigenvalue weighted by Gasteiger charge is -1.98. The Hall–Kier alpha value is -1.58. The fraction of sp³-hybridized carbons (Fsp3) is 0.250. The van der Waals surface area contributed by atoms with Crippen LogP contribution in [-0.2, 0) is 0 Å². The van der Waals surface area contributed by atoms with E-state index in [1.165, 1.54) is 6.92 Å². The Morgan fingerprint density at radius 2 is 2.08 bits per heavy atom. The molecular weight excluding hydrogens is 160 g/mol. The second kappa shape index (κ2) is 2.81. The van der Waals surface area contributed by atoms with Gasteiger partial charge in [0.05, 0.1) is 6.26 Å². The third kappa shape index (κ3) is 1.23. The van der Waals surface area contributed by atoms with Crippen LogP contribution in [-0.4, -0.2) is 11.1 Å². The van der Waals surface area contributed by atoms with Crippen LogP contribution in [0.5, 0.6) is 0 Å². The molecule has 1 aromatic rings. The molecule has 0 aliphatic rings. The number of hydrogen-bond acceptors (Lipinski definition) is 3. The summed E-state index contributed by atoms with van der Waals surface area (Å²) in [5, 5.41) is 8.55. The summed E-state index contributed by atoms with van der Waals surface area (Å²) in [5.74, 6) is -1.50. The summed E-state index contributed by atoms with van der Waals surface area (Å²) in [6.45, 7) is 3.01. The van der Waals surface area contributed by atoms with Crippen LogP contribution in [0.25, 0.3) is 0 Å². The number of hydrogen-bond donors (Lipinski definition) is 1. The molecule has 0 aliphatic carbocycles. The van der Waals surface area contributed by atoms with E-state index < -0.39 is 5.97 Å². The smallest absolute Gasteiger partial charge is 0.372 e. The average Bonchev–Trinajstić information content (AvgIpc) is 2.00. The van der Waals surface area contributed by atoms with Crippen LogP contribution in [0.2, 0.25) is 0 Å². The first-order chi connectivity index (χ1) is 5.54. The van der Waals surface area contributed by atoms with E-state index in [4.69, 9.17) is 9.52 Å². The van der Waals surface area contributed by atoms with E-state index in [2.05, 4.69) is 0 Å². The molecule has 1 aromatic heterocycles. The van der Waals surface area contributed by atoms with Gasteiger partial charge in [-0.2, -0.15) is 0 Å². The molecule has 0 aromatic carbocycles. The average molecular weight is 168 g/mol. The number of carboxylic acid groups (broad SMARTS) is 1. The van der Waals surface area contributed by atoms with Crippen molar-refractivity contribution in [3.05, 3.63) is 33.4 Å². The van der Waals surface area contributed by atoms with E-state index in [1.54, 1.807) is 6.92 Å². The Balaban J connectivity index is 3.47. The molecule has 0 bridgehead atoms. The van der Waals surface area contributed by atoms with Crippen molar-refractivity contribution in [2.45, 2.75) is 13.8 Å². The van der Waals surface area contributed by atoms with E-state index in [-0.39, 0.29) is 16.8 Å². The molecule has 1 rings (SSSR count). The normalized spacial score (nSPS) is 9.83. The van der Waals surface area contributed by atoms with Crippen molar-refractivity contribution < 1.29 is 14.3 Å². The fourth-order valence-corrected chi connectivity index (χ4v) is 0.899. The molecule has 1 N–H and O–H groups in total. The lowest BCUT2D eigenvalue weighted by Crippen LogP contribution is -2.13. The topological polar surface area (TPSA) is 67.5 Å². The van der Waals surface area contributed by atoms with Gasteiger partial charge in [0, 0.05) is 11.1 Å². The zero-order valence-electron chi connectivity index (χ0n) is 6.75. The van der Waals surface area contributed by atoms with Crippen LogP contribution >= 0.6 is 0 Å². The number of aromatic carboxylic acids is 1. The zero-order valence-corrected chi connectivity index (χ0v) is 6.75. The number of rotatable bonds is 1. The van der Waals surface area contributed by atoms with E-state index >= 15 is 0 Å². The van der Waals surface area contributed by atoms with Gasteiger partial charge in [0.2, 0.25) is 5.76 Å². The Morgan fingerprint density at radius 1 is 1.50 bits per heavy atom. The van der Waals surface area contributed by atoms with E-state index in [0.717, 1.165) is 6.26 Å². The maximum Gasteiger partial charge on any atom is 0.372 e. The second-order valence-electron chi connectivity index (χ2n) is 2.51. The van der Waals surface area contributed by atoms with Crippen molar-refractivity contribution in [2.75, 3.05) is 0 Å². The molecule has 0 radical (unpaired) electrons. The molecule has 0 spiro atoms. The third-order valence-electron chi connectivity index (χ3n) is 1.59. The summed E-state index contributed by atoms with van der Waals surface area (Å²) in [4.78, 5) is 21.6. The summed E-state index contributed by atoms with van der Waals surface area (Å²) in [6.07, 6.45) is 1.15. The molecule has 0 unspecified atom stereocenters. The first-order valence-electron chi connectivity index (χ1n) is 3.36. The largest absolute Gasteiger partial charge is 0.475 e. The van der Waals surface area contributed by atoms with Gasteiger partial charge in [0.25, 0.3) is 0 Å². The summed E-state index contributed by atoms with van der Waals surface area (Å²) in [6, 6.07) is 0. The van der Waals surface area contributed by atoms with Gasteiger partial charge in [-0.05, 0) is 13.8 Å². The number of carbonyl (C=O) groups is 1. The van der Waals surface area contributed by atoms with Gasteiger partial charge >= 0.3 is 5.97 Å². The highest BCUT2D eigenvalue weighted by molar-refractivity contribution is 5.85. The minimum absolute atomic E-state index is 0.141. The van der Waals surface area contributed by atoms with Crippen molar-refractivity contribution in [2.24, 2.45) is 0 Å². The highest BCUT2D eigenvalue weighted by Crippen LogP contribution is 2.03. The van der Waals surface area contributed by atoms with Crippen LogP contribution in [0, 0.1) is 13.8 Å². The SMILES string of the molecule is Cc1coc(C(=O)O)c(C)c1=O. The lowest BCUT2D eigenvalue weighted by molar-refractivity contribution is 0.0658. The van der Waals surface area contributed by atoms with E-state index in [0.29, 0.717) is 5.56 Å². The van der Waals surface area contributed by atoms with Crippen LogP contribution in [0.4, 0.5) is 0 Å². The minimum atomic E-state index is -1.22. The Bertz CT molecular complexity index is 375. The molecule has 0 fully saturated rings. The maximum absolute atomic E-state index is 11.2. The highest BCUT2D eigenvalue weighted by Gasteiger charge is 2.13. The predicted molar refractivity (Wildman–Crippen MR) is 41.4 cm³/mol. The molecule has 4 heteroatoms. The first kappa shape index (κ1) is 8.52. The van der Waals surface area contributed by atoms with E-state index in [1.807, 2.05) is 0 Å². The van der Waals surface area contributed by atoms with Crippen molar-refractivity contribution in [1.29, 1.82) is 0 Å². The van der Waals surface area contributed by atoms with Crippen molar-refractivity contribution in [3.8, 4) is 0 Å². The minimum Gasteiger partial charge on any atom is -0.475 e. The van der Waals surface area contributed by atoms with Gasteiger partial charge in [-0.1, -0.05) is 0 Å². The lowest BCUT2D eigenvalue weighted by atomic mass is 10.2. The molecular formula is C8H8O4. The van der Waals surface area contributed by atoms with Crippen molar-refractivity contribution in [1.82, 2.24) is 0 Å². The highest BCUT2D eigenvalue weighted by atomic mass is 16.4. The van der Waals surface area contributed by atoms with Gasteiger partial charge in [0.1, 0.15) is 0 Å². The third-order valence-corrected chi connectivity index (χ3v) is 1.59. The Labute approximate surface area is 68.4 Å². The maximum atomic E-state index is 11.2. The number of aryl methyl sites for hydroxylation is 1. The van der Waals surface area contributed by atoms with Crippen LogP contribution in [0.15, 0.2) is 15.5 Å². The monoisotopic (exact) mass is 168 g/mol. The molecule has 64 valence electrons. The molecule has 0 saturated carbocycles. The quantitative estimate of drug-likeness (QED) is 0.678. The zero-order chi connectivity index (χ0) is 9.30. The summed E-state index contributed by atoms with van der Waals surface area (Å²) in [5.41, 5.74) is 0.277. The second-order valence-corrected chi connectivity index (χ2v) is 2.51. The standard InChI is InChI=1S/C8H8O4/c1-4-3-12-7(8(10)11)5(2)6(4)9/h3H,1-2H3,(H,10,11). The number of carboxylic acids is 1. The predicted octanol–water partition coefficient (Wildman–Crippen LogP) is 0.955. The summed E-state index contributed by atoms with van der Waals surface area (Å²) in [7, 11) is 0. The van der Waals surface area contributed by atoms with Gasteiger partial charge in [-0.25, -0.2) is 4.79 Å². The van der Waals surface area contributed by atoms with Gasteiger partial charge in [-0.15, -0.1) is 0 Å². The molecule has 0 saturated heterocycles. The van der Waals surface area contributed by atoms with Crippen molar-refractivity contribution >= 4 is 5.97 Å². The van der Waals surface area contributed by atoms with Crippen LogP contribution in [0.1, 0.15) is 21.7 Å². The molecule has 0 atom stereocenters. The van der Waals surface area contributed by atoms with E-state index in [9.17, 15) is 9.59 Å². The molecule has 12 heavy (non-hydrogen) atoms. The van der Waals surface area contributed by atoms with Gasteiger partial charge in [-0.3, -0.25) is 4.79 Å². The van der Waals surface area contributed by atoms with Gasteiger partial charge in [0.15, 0.2) is 5.43 Å². The van der Waals surface area contributed by atoms with Crippen LogP contribution in [0.3, 0.4) is 0 Å². The molecule has 1 heterocycles. The molecule has 0 amide bonds. The Morgan fingerprint density at radius 3 is 2.58 bits per heavy atom. The molecule has 0 aliphatic heterocycles. The summed E-state index contributed by atoms with van der Waals surface area (Å²) >= 11 is 0. The summed E-state index contributed by atoms with van der Waals surface area (Å²) < 4.78 is 4.73. The molecule has 4 nitrogen and oxygen atoms in total. The van der Waals surface area contributed by atoms with Crippen LogP contribution < -0.4 is 5.43 Å². The Kier molecular flexibility index (Phi) is 1.99. The van der Waals surface area contributed by atoms with Gasteiger partial charge < -0.3 is 9.52 Å². The fourth-order valence-electron chi connectivity index (χ4n) is 0.899. The van der Waals surface area contributed by atoms with Crippen molar-refractivity contribution in [3.63, 3.8) is 0 Å².